The zero-order chi connectivity index (χ0) is 14.8. The van der Waals surface area contributed by atoms with Crippen molar-refractivity contribution in [1.29, 1.82) is 5.41 Å². The third-order valence-electron chi connectivity index (χ3n) is 3.33. The molecule has 1 heterocycles. The molecule has 108 valence electrons. The number of rotatable bonds is 2. The normalized spacial score (nSPS) is 16.4. The highest BCUT2D eigenvalue weighted by Crippen LogP contribution is 2.29. The zero-order valence-electron chi connectivity index (χ0n) is 10.8. The van der Waals surface area contributed by atoms with E-state index in [1.54, 1.807) is 4.90 Å². The number of benzene rings is 1. The van der Waals surface area contributed by atoms with Crippen molar-refractivity contribution in [3.05, 3.63) is 35.4 Å². The summed E-state index contributed by atoms with van der Waals surface area (Å²) in [5.74, 6) is -0.183. The van der Waals surface area contributed by atoms with Gasteiger partial charge in [-0.25, -0.2) is 0 Å². The lowest BCUT2D eigenvalue weighted by Gasteiger charge is -2.27. The van der Waals surface area contributed by atoms with Gasteiger partial charge in [0, 0.05) is 31.6 Å². The fourth-order valence-corrected chi connectivity index (χ4v) is 2.17. The van der Waals surface area contributed by atoms with Crippen molar-refractivity contribution in [2.45, 2.75) is 25.4 Å². The quantitative estimate of drug-likeness (QED) is 0.891. The van der Waals surface area contributed by atoms with E-state index in [2.05, 4.69) is 0 Å². The van der Waals surface area contributed by atoms with Crippen molar-refractivity contribution in [2.24, 2.45) is 0 Å². The van der Waals surface area contributed by atoms with Crippen molar-refractivity contribution in [3.63, 3.8) is 0 Å². The molecule has 0 atom stereocenters. The summed E-state index contributed by atoms with van der Waals surface area (Å²) in [4.78, 5) is 13.6. The molecular weight excluding hydrogens is 269 g/mol. The third kappa shape index (κ3) is 3.59. The topological polar surface area (TPSA) is 44.2 Å². The van der Waals surface area contributed by atoms with Crippen LogP contribution < -0.4 is 0 Å². The highest BCUT2D eigenvalue weighted by atomic mass is 19.4. The smallest absolute Gasteiger partial charge is 0.342 e. The average Bonchev–Trinajstić information content (AvgIpc) is 2.38. The number of piperidine rings is 1. The summed E-state index contributed by atoms with van der Waals surface area (Å²) in [5.41, 5.74) is 0.252. The maximum atomic E-state index is 12.6. The lowest BCUT2D eigenvalue weighted by molar-refractivity contribution is -0.138. The van der Waals surface area contributed by atoms with Gasteiger partial charge in [0.05, 0.1) is 12.0 Å². The van der Waals surface area contributed by atoms with Crippen molar-refractivity contribution in [2.75, 3.05) is 13.1 Å². The van der Waals surface area contributed by atoms with Crippen LogP contribution in [0.1, 0.15) is 24.0 Å². The number of hydrogen-bond acceptors (Lipinski definition) is 2. The third-order valence-corrected chi connectivity index (χ3v) is 3.33. The molecule has 0 aromatic heterocycles. The van der Waals surface area contributed by atoms with E-state index in [1.807, 2.05) is 0 Å². The number of amides is 1. The molecule has 0 unspecified atom stereocenters. The van der Waals surface area contributed by atoms with Crippen molar-refractivity contribution in [3.8, 4) is 0 Å². The van der Waals surface area contributed by atoms with Gasteiger partial charge in [0.1, 0.15) is 0 Å². The Labute approximate surface area is 114 Å². The van der Waals surface area contributed by atoms with Crippen LogP contribution in [0.15, 0.2) is 24.3 Å². The maximum absolute atomic E-state index is 12.6. The second kappa shape index (κ2) is 5.64. The van der Waals surface area contributed by atoms with Crippen molar-refractivity contribution < 1.29 is 18.0 Å². The summed E-state index contributed by atoms with van der Waals surface area (Å²) in [7, 11) is 0. The summed E-state index contributed by atoms with van der Waals surface area (Å²) in [6.07, 6.45) is -3.32. The van der Waals surface area contributed by atoms with Gasteiger partial charge in [-0.05, 0) is 11.6 Å². The second-order valence-electron chi connectivity index (χ2n) is 4.86. The molecule has 1 amide bonds. The molecule has 1 aromatic rings. The van der Waals surface area contributed by atoms with Crippen molar-refractivity contribution >= 4 is 11.6 Å². The molecule has 0 aliphatic carbocycles. The molecule has 2 rings (SSSR count). The number of nitrogens with zero attached hydrogens (tertiary/aromatic N) is 1. The summed E-state index contributed by atoms with van der Waals surface area (Å²) in [6, 6.07) is 4.86. The number of hydrogen-bond donors (Lipinski definition) is 1. The van der Waals surface area contributed by atoms with Crippen LogP contribution in [0.25, 0.3) is 0 Å². The van der Waals surface area contributed by atoms with Gasteiger partial charge in [0.25, 0.3) is 0 Å². The van der Waals surface area contributed by atoms with Crippen molar-refractivity contribution in [1.82, 2.24) is 4.90 Å². The molecule has 1 N–H and O–H groups in total. The molecule has 0 bridgehead atoms. The number of carbonyl (C=O) groups is 1. The van der Waals surface area contributed by atoms with Gasteiger partial charge in [-0.3, -0.25) is 4.79 Å². The Bertz CT molecular complexity index is 515. The van der Waals surface area contributed by atoms with Crippen LogP contribution in [0, 0.1) is 5.41 Å². The zero-order valence-corrected chi connectivity index (χ0v) is 10.8. The lowest BCUT2D eigenvalue weighted by atomic mass is 10.0. The maximum Gasteiger partial charge on any atom is 0.416 e. The monoisotopic (exact) mass is 284 g/mol. The summed E-state index contributed by atoms with van der Waals surface area (Å²) in [6.45, 7) is 0.966. The van der Waals surface area contributed by atoms with Crippen LogP contribution in [0.5, 0.6) is 0 Å². The van der Waals surface area contributed by atoms with Crippen LogP contribution in [0.4, 0.5) is 13.2 Å². The Balaban J connectivity index is 2.03. The molecule has 1 aliphatic rings. The van der Waals surface area contributed by atoms with Gasteiger partial charge >= 0.3 is 6.18 Å². The summed E-state index contributed by atoms with van der Waals surface area (Å²) < 4.78 is 37.8. The molecule has 1 fully saturated rings. The molecule has 1 aliphatic heterocycles. The van der Waals surface area contributed by atoms with Gasteiger partial charge in [0.15, 0.2) is 0 Å². The van der Waals surface area contributed by atoms with E-state index in [-0.39, 0.29) is 12.3 Å². The van der Waals surface area contributed by atoms with E-state index in [0.29, 0.717) is 37.2 Å². The van der Waals surface area contributed by atoms with Crippen LogP contribution >= 0.6 is 0 Å². The highest BCUT2D eigenvalue weighted by Gasteiger charge is 2.30. The predicted octanol–water partition coefficient (Wildman–Crippen LogP) is 2.89. The highest BCUT2D eigenvalue weighted by molar-refractivity contribution is 5.85. The Morgan fingerprint density at radius 2 is 1.90 bits per heavy atom. The predicted molar refractivity (Wildman–Crippen MR) is 68.7 cm³/mol. The number of nitrogens with one attached hydrogen (secondary N) is 1. The van der Waals surface area contributed by atoms with Gasteiger partial charge in [0.2, 0.25) is 5.91 Å². The minimum absolute atomic E-state index is 0.0305. The first-order chi connectivity index (χ1) is 9.36. The Morgan fingerprint density at radius 1 is 1.25 bits per heavy atom. The Morgan fingerprint density at radius 3 is 2.50 bits per heavy atom. The summed E-state index contributed by atoms with van der Waals surface area (Å²) >= 11 is 0. The molecule has 1 aromatic carbocycles. The standard InChI is InChI=1S/C14H15F3N2O/c15-14(16,17)11-3-1-2-10(8-11)9-13(20)19-6-4-12(18)5-7-19/h1-3,8,18H,4-7,9H2. The Kier molecular flexibility index (Phi) is 4.11. The molecule has 6 heteroatoms. The van der Waals surface area contributed by atoms with Crippen LogP contribution in [0.3, 0.4) is 0 Å². The van der Waals surface area contributed by atoms with Crippen LogP contribution in [0.2, 0.25) is 0 Å². The molecule has 0 spiro atoms. The first-order valence-electron chi connectivity index (χ1n) is 6.36. The minimum atomic E-state index is -4.39. The minimum Gasteiger partial charge on any atom is -0.342 e. The molecular formula is C14H15F3N2O. The SMILES string of the molecule is N=C1CCN(C(=O)Cc2cccc(C(F)(F)F)c2)CC1. The number of alkyl halides is 3. The van der Waals surface area contributed by atoms with E-state index in [4.69, 9.17) is 5.41 Å². The molecule has 1 saturated heterocycles. The summed E-state index contributed by atoms with van der Waals surface area (Å²) in [5, 5.41) is 7.47. The molecule has 0 radical (unpaired) electrons. The number of halogens is 3. The van der Waals surface area contributed by atoms with E-state index in [9.17, 15) is 18.0 Å². The van der Waals surface area contributed by atoms with Gasteiger partial charge in [-0.2, -0.15) is 13.2 Å². The number of carbonyl (C=O) groups excluding carboxylic acids is 1. The fraction of sp³-hybridized carbons (Fsp3) is 0.429. The number of likely N-dealkylation sites (tertiary alicyclic amines) is 1. The molecule has 20 heavy (non-hydrogen) atoms. The van der Waals surface area contributed by atoms with E-state index in [0.717, 1.165) is 12.1 Å². The van der Waals surface area contributed by atoms with E-state index in [1.165, 1.54) is 12.1 Å². The first kappa shape index (κ1) is 14.6. The largest absolute Gasteiger partial charge is 0.416 e. The molecule has 3 nitrogen and oxygen atoms in total. The molecule has 0 saturated carbocycles. The van der Waals surface area contributed by atoms with E-state index < -0.39 is 11.7 Å². The van der Waals surface area contributed by atoms with Gasteiger partial charge in [-0.15, -0.1) is 0 Å². The Hall–Kier alpha value is -1.85. The average molecular weight is 284 g/mol. The van der Waals surface area contributed by atoms with Crippen LogP contribution in [-0.2, 0) is 17.4 Å². The fourth-order valence-electron chi connectivity index (χ4n) is 2.17. The van der Waals surface area contributed by atoms with E-state index >= 15 is 0 Å². The van der Waals surface area contributed by atoms with Crippen LogP contribution in [-0.4, -0.2) is 29.6 Å². The first-order valence-corrected chi connectivity index (χ1v) is 6.36. The second-order valence-corrected chi connectivity index (χ2v) is 4.86. The van der Waals surface area contributed by atoms with Gasteiger partial charge in [-0.1, -0.05) is 18.2 Å². The lowest BCUT2D eigenvalue weighted by Crippen LogP contribution is -2.39. The van der Waals surface area contributed by atoms with Gasteiger partial charge < -0.3 is 10.3 Å².